The highest BCUT2D eigenvalue weighted by atomic mass is 16.5. The van der Waals surface area contributed by atoms with Crippen molar-refractivity contribution < 1.29 is 4.52 Å². The van der Waals surface area contributed by atoms with Crippen molar-refractivity contribution in [1.29, 1.82) is 0 Å². The molecular weight excluding hydrogens is 228 g/mol. The first-order valence-corrected chi connectivity index (χ1v) is 6.86. The van der Waals surface area contributed by atoms with E-state index in [-0.39, 0.29) is 0 Å². The van der Waals surface area contributed by atoms with E-state index in [0.29, 0.717) is 24.4 Å². The van der Waals surface area contributed by atoms with Crippen molar-refractivity contribution in [3.05, 3.63) is 11.7 Å². The summed E-state index contributed by atoms with van der Waals surface area (Å²) in [4.78, 5) is 6.72. The topological polar surface area (TPSA) is 68.2 Å². The van der Waals surface area contributed by atoms with Crippen molar-refractivity contribution in [3.8, 4) is 0 Å². The summed E-state index contributed by atoms with van der Waals surface area (Å²) in [6.45, 7) is 11.0. The van der Waals surface area contributed by atoms with Crippen molar-refractivity contribution in [2.45, 2.75) is 59.7 Å². The smallest absolute Gasteiger partial charge is 0.240 e. The van der Waals surface area contributed by atoms with E-state index in [4.69, 9.17) is 10.3 Å². The quantitative estimate of drug-likeness (QED) is 0.770. The first-order valence-electron chi connectivity index (χ1n) is 6.86. The maximum Gasteiger partial charge on any atom is 0.240 e. The molecule has 1 aromatic rings. The van der Waals surface area contributed by atoms with Gasteiger partial charge in [0.1, 0.15) is 0 Å². The molecule has 0 aliphatic heterocycles. The van der Waals surface area contributed by atoms with Gasteiger partial charge in [-0.15, -0.1) is 0 Å². The zero-order valence-corrected chi connectivity index (χ0v) is 12.0. The third-order valence-corrected chi connectivity index (χ3v) is 3.09. The molecule has 0 radical (unpaired) electrons. The normalized spacial score (nSPS) is 12.0. The first-order chi connectivity index (χ1) is 8.60. The van der Waals surface area contributed by atoms with Crippen molar-refractivity contribution in [2.24, 2.45) is 11.7 Å². The minimum Gasteiger partial charge on any atom is -0.338 e. The second-order valence-electron chi connectivity index (χ2n) is 5.10. The highest BCUT2D eigenvalue weighted by Gasteiger charge is 2.19. The molecule has 0 saturated carbocycles. The Morgan fingerprint density at radius 1 is 1.28 bits per heavy atom. The van der Waals surface area contributed by atoms with Crippen LogP contribution in [0.25, 0.3) is 0 Å². The maximum absolute atomic E-state index is 5.48. The van der Waals surface area contributed by atoms with Crippen molar-refractivity contribution in [2.75, 3.05) is 6.54 Å². The lowest BCUT2D eigenvalue weighted by molar-refractivity contribution is 0.152. The Kier molecular flexibility index (Phi) is 6.29. The third-order valence-electron chi connectivity index (χ3n) is 3.09. The SMILES string of the molecule is CCC(CC)N(Cc1noc(CN)n1)CC(C)C. The zero-order chi connectivity index (χ0) is 13.5. The average molecular weight is 254 g/mol. The summed E-state index contributed by atoms with van der Waals surface area (Å²) >= 11 is 0. The molecule has 2 N–H and O–H groups in total. The predicted molar refractivity (Wildman–Crippen MR) is 71.8 cm³/mol. The number of nitrogens with zero attached hydrogens (tertiary/aromatic N) is 3. The Morgan fingerprint density at radius 3 is 2.39 bits per heavy atom. The first kappa shape index (κ1) is 15.1. The summed E-state index contributed by atoms with van der Waals surface area (Å²) in [6.07, 6.45) is 2.29. The van der Waals surface area contributed by atoms with Gasteiger partial charge in [0, 0.05) is 12.6 Å². The molecule has 0 spiro atoms. The molecule has 5 heteroatoms. The summed E-state index contributed by atoms with van der Waals surface area (Å²) in [5.41, 5.74) is 5.48. The fraction of sp³-hybridized carbons (Fsp3) is 0.846. The molecule has 1 aromatic heterocycles. The van der Waals surface area contributed by atoms with Crippen LogP contribution in [0.1, 0.15) is 52.3 Å². The molecule has 0 aliphatic carbocycles. The van der Waals surface area contributed by atoms with Crippen LogP contribution in [-0.4, -0.2) is 27.6 Å². The van der Waals surface area contributed by atoms with E-state index in [0.717, 1.165) is 31.8 Å². The van der Waals surface area contributed by atoms with Gasteiger partial charge in [-0.05, 0) is 18.8 Å². The van der Waals surface area contributed by atoms with Gasteiger partial charge in [0.05, 0.1) is 13.1 Å². The van der Waals surface area contributed by atoms with Gasteiger partial charge in [-0.3, -0.25) is 4.90 Å². The molecule has 1 rings (SSSR count). The van der Waals surface area contributed by atoms with E-state index in [1.54, 1.807) is 0 Å². The standard InChI is InChI=1S/C13H26N4O/c1-5-11(6-2)17(8-10(3)4)9-12-15-13(7-14)18-16-12/h10-11H,5-9,14H2,1-4H3. The number of hydrogen-bond donors (Lipinski definition) is 1. The van der Waals surface area contributed by atoms with Crippen LogP contribution in [0.15, 0.2) is 4.52 Å². The predicted octanol–water partition coefficient (Wildman–Crippen LogP) is 2.17. The fourth-order valence-corrected chi connectivity index (χ4v) is 2.24. The van der Waals surface area contributed by atoms with Crippen LogP contribution >= 0.6 is 0 Å². The largest absolute Gasteiger partial charge is 0.338 e. The van der Waals surface area contributed by atoms with Gasteiger partial charge in [0.15, 0.2) is 5.82 Å². The fourth-order valence-electron chi connectivity index (χ4n) is 2.24. The van der Waals surface area contributed by atoms with Gasteiger partial charge in [-0.1, -0.05) is 32.9 Å². The van der Waals surface area contributed by atoms with Gasteiger partial charge in [-0.2, -0.15) is 4.98 Å². The lowest BCUT2D eigenvalue weighted by Gasteiger charge is -2.30. The van der Waals surface area contributed by atoms with Gasteiger partial charge < -0.3 is 10.3 Å². The van der Waals surface area contributed by atoms with E-state index < -0.39 is 0 Å². The van der Waals surface area contributed by atoms with Gasteiger partial charge in [-0.25, -0.2) is 0 Å². The Labute approximate surface area is 110 Å². The summed E-state index contributed by atoms with van der Waals surface area (Å²) in [5, 5.41) is 3.98. The van der Waals surface area contributed by atoms with E-state index >= 15 is 0 Å². The zero-order valence-electron chi connectivity index (χ0n) is 12.0. The molecule has 1 heterocycles. The monoisotopic (exact) mass is 254 g/mol. The molecule has 0 aromatic carbocycles. The lowest BCUT2D eigenvalue weighted by atomic mass is 10.1. The molecule has 5 nitrogen and oxygen atoms in total. The minimum absolute atomic E-state index is 0.308. The Balaban J connectivity index is 2.70. The lowest BCUT2D eigenvalue weighted by Crippen LogP contribution is -2.37. The molecular formula is C13H26N4O. The Bertz CT molecular complexity index is 333. The van der Waals surface area contributed by atoms with Crippen LogP contribution in [0.4, 0.5) is 0 Å². The molecule has 0 saturated heterocycles. The summed E-state index contributed by atoms with van der Waals surface area (Å²) < 4.78 is 5.05. The summed E-state index contributed by atoms with van der Waals surface area (Å²) in [5.74, 6) is 1.88. The second kappa shape index (κ2) is 7.48. The van der Waals surface area contributed by atoms with E-state index in [9.17, 15) is 0 Å². The molecule has 0 atom stereocenters. The van der Waals surface area contributed by atoms with Crippen molar-refractivity contribution >= 4 is 0 Å². The summed E-state index contributed by atoms with van der Waals surface area (Å²) in [6, 6.07) is 0.576. The van der Waals surface area contributed by atoms with Crippen molar-refractivity contribution in [3.63, 3.8) is 0 Å². The van der Waals surface area contributed by atoms with Crippen molar-refractivity contribution in [1.82, 2.24) is 15.0 Å². The second-order valence-corrected chi connectivity index (χ2v) is 5.10. The molecule has 0 bridgehead atoms. The van der Waals surface area contributed by atoms with Crippen LogP contribution in [0.3, 0.4) is 0 Å². The highest BCUT2D eigenvalue weighted by molar-refractivity contribution is 4.87. The van der Waals surface area contributed by atoms with Crippen LogP contribution in [0, 0.1) is 5.92 Å². The molecule has 18 heavy (non-hydrogen) atoms. The minimum atomic E-state index is 0.308. The number of nitrogens with two attached hydrogens (primary N) is 1. The van der Waals surface area contributed by atoms with Crippen LogP contribution in [0.2, 0.25) is 0 Å². The molecule has 0 amide bonds. The van der Waals surface area contributed by atoms with E-state index in [1.807, 2.05) is 0 Å². The number of rotatable bonds is 8. The Hall–Kier alpha value is -0.940. The van der Waals surface area contributed by atoms with Crippen LogP contribution in [-0.2, 0) is 13.1 Å². The number of aromatic nitrogens is 2. The maximum atomic E-state index is 5.48. The van der Waals surface area contributed by atoms with E-state index in [2.05, 4.69) is 42.7 Å². The molecule has 0 unspecified atom stereocenters. The van der Waals surface area contributed by atoms with Crippen LogP contribution < -0.4 is 5.73 Å². The third kappa shape index (κ3) is 4.38. The highest BCUT2D eigenvalue weighted by Crippen LogP contribution is 2.14. The van der Waals surface area contributed by atoms with Gasteiger partial charge >= 0.3 is 0 Å². The molecule has 0 aliphatic rings. The molecule has 104 valence electrons. The van der Waals surface area contributed by atoms with Crippen LogP contribution in [0.5, 0.6) is 0 Å². The van der Waals surface area contributed by atoms with Gasteiger partial charge in [0.2, 0.25) is 5.89 Å². The molecule has 0 fully saturated rings. The average Bonchev–Trinajstić information content (AvgIpc) is 2.77. The summed E-state index contributed by atoms with van der Waals surface area (Å²) in [7, 11) is 0. The number of hydrogen-bond acceptors (Lipinski definition) is 5. The Morgan fingerprint density at radius 2 is 1.94 bits per heavy atom. The van der Waals surface area contributed by atoms with E-state index in [1.165, 1.54) is 0 Å². The van der Waals surface area contributed by atoms with Gasteiger partial charge in [0.25, 0.3) is 0 Å².